The smallest absolute Gasteiger partial charge is 0.131 e. The number of nitrogens with one attached hydrogen (secondary N) is 1. The molecule has 94 valence electrons. The monoisotopic (exact) mass is 238 g/mol. The summed E-state index contributed by atoms with van der Waals surface area (Å²) in [6.45, 7) is 3.65. The Bertz CT molecular complexity index is 368. The van der Waals surface area contributed by atoms with Crippen LogP contribution in [-0.2, 0) is 0 Å². The molecule has 0 radical (unpaired) electrons. The second kappa shape index (κ2) is 7.04. The Morgan fingerprint density at radius 2 is 2.35 bits per heavy atom. The number of nitrogens with two attached hydrogens (primary N) is 1. The van der Waals surface area contributed by atoms with E-state index in [0.29, 0.717) is 11.3 Å². The molecule has 1 aromatic rings. The van der Waals surface area contributed by atoms with Gasteiger partial charge in [0.25, 0.3) is 0 Å². The summed E-state index contributed by atoms with van der Waals surface area (Å²) in [5, 5.41) is 0. The Hall–Kier alpha value is -1.39. The molecule has 0 heterocycles. The van der Waals surface area contributed by atoms with Crippen molar-refractivity contribution in [2.75, 3.05) is 7.11 Å². The third-order valence-electron chi connectivity index (χ3n) is 2.69. The quantitative estimate of drug-likeness (QED) is 0.332. The van der Waals surface area contributed by atoms with Crippen LogP contribution < -0.4 is 16.0 Å². The van der Waals surface area contributed by atoms with Crippen LogP contribution in [0.1, 0.15) is 30.9 Å². The minimum atomic E-state index is -0.300. The maximum atomic E-state index is 13.8. The van der Waals surface area contributed by atoms with Gasteiger partial charge in [-0.15, -0.1) is 6.58 Å². The van der Waals surface area contributed by atoms with Crippen LogP contribution in [0.5, 0.6) is 5.75 Å². The molecule has 0 fully saturated rings. The second-order valence-electron chi connectivity index (χ2n) is 3.83. The van der Waals surface area contributed by atoms with Crippen molar-refractivity contribution in [3.63, 3.8) is 0 Å². The van der Waals surface area contributed by atoms with Crippen molar-refractivity contribution in [2.45, 2.75) is 25.3 Å². The van der Waals surface area contributed by atoms with Gasteiger partial charge in [-0.05, 0) is 25.3 Å². The van der Waals surface area contributed by atoms with Gasteiger partial charge in [0.2, 0.25) is 0 Å². The van der Waals surface area contributed by atoms with Crippen LogP contribution in [0.15, 0.2) is 30.9 Å². The summed E-state index contributed by atoms with van der Waals surface area (Å²) in [6, 6.07) is 4.62. The fraction of sp³-hybridized carbons (Fsp3) is 0.385. The maximum absolute atomic E-state index is 13.8. The Morgan fingerprint density at radius 1 is 1.59 bits per heavy atom. The molecule has 1 atom stereocenters. The first-order chi connectivity index (χ1) is 8.22. The van der Waals surface area contributed by atoms with E-state index in [1.165, 1.54) is 13.2 Å². The molecular weight excluding hydrogens is 219 g/mol. The zero-order chi connectivity index (χ0) is 12.7. The Morgan fingerprint density at radius 3 is 2.88 bits per heavy atom. The van der Waals surface area contributed by atoms with E-state index in [4.69, 9.17) is 10.6 Å². The summed E-state index contributed by atoms with van der Waals surface area (Å²) in [4.78, 5) is 0. The molecule has 1 unspecified atom stereocenters. The SMILES string of the molecule is C=CCCCC(NN)c1ccc(OC)cc1F. The van der Waals surface area contributed by atoms with Crippen LogP contribution in [0.4, 0.5) is 4.39 Å². The van der Waals surface area contributed by atoms with Crippen LogP contribution in [0, 0.1) is 5.82 Å². The lowest BCUT2D eigenvalue weighted by Crippen LogP contribution is -2.28. The van der Waals surface area contributed by atoms with Gasteiger partial charge in [-0.25, -0.2) is 4.39 Å². The average molecular weight is 238 g/mol. The lowest BCUT2D eigenvalue weighted by Gasteiger charge is -2.17. The van der Waals surface area contributed by atoms with Crippen molar-refractivity contribution in [1.29, 1.82) is 0 Å². The van der Waals surface area contributed by atoms with E-state index in [-0.39, 0.29) is 11.9 Å². The van der Waals surface area contributed by atoms with Crippen molar-refractivity contribution in [3.8, 4) is 5.75 Å². The highest BCUT2D eigenvalue weighted by Gasteiger charge is 2.14. The van der Waals surface area contributed by atoms with Gasteiger partial charge in [-0.2, -0.15) is 0 Å². The highest BCUT2D eigenvalue weighted by atomic mass is 19.1. The fourth-order valence-corrected chi connectivity index (χ4v) is 1.71. The molecule has 0 saturated heterocycles. The van der Waals surface area contributed by atoms with Crippen molar-refractivity contribution in [3.05, 3.63) is 42.2 Å². The minimum Gasteiger partial charge on any atom is -0.497 e. The van der Waals surface area contributed by atoms with Crippen molar-refractivity contribution in [2.24, 2.45) is 5.84 Å². The highest BCUT2D eigenvalue weighted by Crippen LogP contribution is 2.24. The van der Waals surface area contributed by atoms with Gasteiger partial charge in [0.1, 0.15) is 11.6 Å². The van der Waals surface area contributed by atoms with E-state index in [1.807, 2.05) is 6.08 Å². The lowest BCUT2D eigenvalue weighted by atomic mass is 10.0. The van der Waals surface area contributed by atoms with Gasteiger partial charge in [0.15, 0.2) is 0 Å². The third kappa shape index (κ3) is 3.84. The van der Waals surface area contributed by atoms with Crippen LogP contribution in [-0.4, -0.2) is 7.11 Å². The normalized spacial score (nSPS) is 12.2. The number of rotatable bonds is 7. The molecule has 0 saturated carbocycles. The molecule has 0 aromatic heterocycles. The zero-order valence-corrected chi connectivity index (χ0v) is 10.1. The first-order valence-electron chi connectivity index (χ1n) is 5.63. The maximum Gasteiger partial charge on any atom is 0.131 e. The van der Waals surface area contributed by atoms with Gasteiger partial charge in [0.05, 0.1) is 7.11 Å². The average Bonchev–Trinajstić information content (AvgIpc) is 2.35. The molecule has 3 nitrogen and oxygen atoms in total. The first-order valence-corrected chi connectivity index (χ1v) is 5.63. The first kappa shape index (κ1) is 13.7. The summed E-state index contributed by atoms with van der Waals surface area (Å²) in [5.41, 5.74) is 3.21. The standard InChI is InChI=1S/C13H19FN2O/c1-3-4-5-6-13(16-15)11-8-7-10(17-2)9-12(11)14/h3,7-9,13,16H,1,4-6,15H2,2H3. The summed E-state index contributed by atoms with van der Waals surface area (Å²) in [6.07, 6.45) is 4.43. The van der Waals surface area contributed by atoms with Gasteiger partial charge < -0.3 is 4.74 Å². The van der Waals surface area contributed by atoms with Crippen molar-refractivity contribution >= 4 is 0 Å². The number of allylic oxidation sites excluding steroid dienone is 1. The highest BCUT2D eigenvalue weighted by molar-refractivity contribution is 5.30. The molecule has 0 spiro atoms. The Balaban J connectivity index is 2.77. The van der Waals surface area contributed by atoms with E-state index in [2.05, 4.69) is 12.0 Å². The molecule has 1 rings (SSSR count). The number of unbranched alkanes of at least 4 members (excludes halogenated alkanes) is 1. The molecule has 0 bridgehead atoms. The van der Waals surface area contributed by atoms with Gasteiger partial charge in [0, 0.05) is 17.7 Å². The summed E-state index contributed by atoms with van der Waals surface area (Å²) < 4.78 is 18.7. The van der Waals surface area contributed by atoms with E-state index >= 15 is 0 Å². The second-order valence-corrected chi connectivity index (χ2v) is 3.83. The molecular formula is C13H19FN2O. The predicted octanol–water partition coefficient (Wildman–Crippen LogP) is 2.70. The number of hydrogen-bond donors (Lipinski definition) is 2. The molecule has 0 aliphatic heterocycles. The molecule has 4 heteroatoms. The molecule has 0 amide bonds. The van der Waals surface area contributed by atoms with Crippen LogP contribution >= 0.6 is 0 Å². The van der Waals surface area contributed by atoms with Gasteiger partial charge in [-0.1, -0.05) is 12.1 Å². The molecule has 0 aliphatic rings. The number of benzene rings is 1. The number of halogens is 1. The summed E-state index contributed by atoms with van der Waals surface area (Å²) >= 11 is 0. The van der Waals surface area contributed by atoms with Crippen molar-refractivity contribution in [1.82, 2.24) is 5.43 Å². The van der Waals surface area contributed by atoms with Crippen LogP contribution in [0.25, 0.3) is 0 Å². The largest absolute Gasteiger partial charge is 0.497 e. The molecule has 3 N–H and O–H groups in total. The lowest BCUT2D eigenvalue weighted by molar-refractivity contribution is 0.408. The van der Waals surface area contributed by atoms with Gasteiger partial charge >= 0.3 is 0 Å². The van der Waals surface area contributed by atoms with Gasteiger partial charge in [-0.3, -0.25) is 11.3 Å². The molecule has 0 aliphatic carbocycles. The number of ether oxygens (including phenoxy) is 1. The van der Waals surface area contributed by atoms with E-state index in [1.54, 1.807) is 12.1 Å². The van der Waals surface area contributed by atoms with Crippen LogP contribution in [0.3, 0.4) is 0 Å². The third-order valence-corrected chi connectivity index (χ3v) is 2.69. The van der Waals surface area contributed by atoms with E-state index < -0.39 is 0 Å². The predicted molar refractivity (Wildman–Crippen MR) is 67.1 cm³/mol. The number of hydrogen-bond acceptors (Lipinski definition) is 3. The topological polar surface area (TPSA) is 47.3 Å². The summed E-state index contributed by atoms with van der Waals surface area (Å²) in [5.74, 6) is 5.66. The molecule has 17 heavy (non-hydrogen) atoms. The van der Waals surface area contributed by atoms with E-state index in [0.717, 1.165) is 19.3 Å². The van der Waals surface area contributed by atoms with Crippen molar-refractivity contribution < 1.29 is 9.13 Å². The fourth-order valence-electron chi connectivity index (χ4n) is 1.71. The number of hydrazine groups is 1. The minimum absolute atomic E-state index is 0.180. The Kier molecular flexibility index (Phi) is 5.66. The number of methoxy groups -OCH3 is 1. The summed E-state index contributed by atoms with van der Waals surface area (Å²) in [7, 11) is 1.51. The van der Waals surface area contributed by atoms with Crippen LogP contribution in [0.2, 0.25) is 0 Å². The zero-order valence-electron chi connectivity index (χ0n) is 10.1. The molecule has 1 aromatic carbocycles. The van der Waals surface area contributed by atoms with E-state index in [9.17, 15) is 4.39 Å². The Labute approximate surface area is 101 Å².